The van der Waals surface area contributed by atoms with Crippen molar-refractivity contribution < 1.29 is 49.8 Å². The molecule has 2 fully saturated rings. The van der Waals surface area contributed by atoms with Crippen molar-refractivity contribution in [3.63, 3.8) is 0 Å². The van der Waals surface area contributed by atoms with Gasteiger partial charge in [-0.3, -0.25) is 29.0 Å². The van der Waals surface area contributed by atoms with Crippen LogP contribution < -0.4 is 5.32 Å². The van der Waals surface area contributed by atoms with Crippen LogP contribution in [-0.2, 0) is 24.8 Å². The molecule has 1 saturated heterocycles. The normalized spacial score (nSPS) is 33.5. The fourth-order valence-electron chi connectivity index (χ4n) is 7.04. The summed E-state index contributed by atoms with van der Waals surface area (Å²) in [5, 5.41) is 68.3. The summed E-state index contributed by atoms with van der Waals surface area (Å²) in [6, 6.07) is 2.08. The third-order valence-corrected chi connectivity index (χ3v) is 9.09. The number of nitrogens with one attached hydrogen (secondary N) is 1. The minimum Gasteiger partial charge on any atom is -0.508 e. The van der Waals surface area contributed by atoms with Crippen LogP contribution in [0.25, 0.3) is 5.76 Å². The number of aromatic hydroxyl groups is 1. The molecule has 6 atom stereocenters. The van der Waals surface area contributed by atoms with Crippen molar-refractivity contribution in [2.45, 2.75) is 49.5 Å². The number of phenolic OH excluding ortho intramolecular Hbond substituents is 1. The van der Waals surface area contributed by atoms with Crippen molar-refractivity contribution in [3.8, 4) is 5.75 Å². The number of aliphatic hydroxyl groups excluding tert-OH is 2. The number of likely N-dealkylation sites (N-methyl/N-ethyl adjacent to an activating group) is 1. The van der Waals surface area contributed by atoms with Gasteiger partial charge in [0.05, 0.1) is 23.9 Å². The van der Waals surface area contributed by atoms with Crippen molar-refractivity contribution in [2.75, 3.05) is 27.3 Å². The van der Waals surface area contributed by atoms with Gasteiger partial charge in [0.2, 0.25) is 5.78 Å². The van der Waals surface area contributed by atoms with Gasteiger partial charge in [-0.05, 0) is 51.9 Å². The lowest BCUT2D eigenvalue weighted by atomic mass is 9.54. The molecule has 1 saturated carbocycles. The van der Waals surface area contributed by atoms with Gasteiger partial charge in [0.15, 0.2) is 11.4 Å². The molecular weight excluding hydrogens is 538 g/mol. The first-order valence-corrected chi connectivity index (χ1v) is 13.3. The zero-order chi connectivity index (χ0) is 30.2. The monoisotopic (exact) mass is 571 g/mol. The van der Waals surface area contributed by atoms with Gasteiger partial charge >= 0.3 is 5.97 Å². The number of Topliss-reactive ketones (excluding diaryl/α,β-unsaturated/α-hetero) is 2. The summed E-state index contributed by atoms with van der Waals surface area (Å²) >= 11 is 0. The van der Waals surface area contributed by atoms with E-state index in [0.29, 0.717) is 19.4 Å². The second-order valence-electron chi connectivity index (χ2n) is 11.6. The Balaban J connectivity index is 1.61. The third kappa shape index (κ3) is 3.98. The molecule has 0 radical (unpaired) electrons. The molecule has 220 valence electrons. The highest BCUT2D eigenvalue weighted by molar-refractivity contribution is 6.25. The molecule has 0 aromatic heterocycles. The van der Waals surface area contributed by atoms with Crippen LogP contribution in [0.1, 0.15) is 37.3 Å². The number of carboxylic acid groups (broad SMARTS) is 1. The number of amides is 1. The molecule has 0 bridgehead atoms. The Morgan fingerprint density at radius 3 is 2.46 bits per heavy atom. The molecule has 1 aliphatic heterocycles. The molecule has 0 spiro atoms. The van der Waals surface area contributed by atoms with E-state index in [1.54, 1.807) is 0 Å². The van der Waals surface area contributed by atoms with E-state index in [4.69, 9.17) is 0 Å². The topological polar surface area (TPSA) is 208 Å². The van der Waals surface area contributed by atoms with Crippen LogP contribution >= 0.6 is 0 Å². The number of aliphatic hydroxyl groups is 4. The summed E-state index contributed by atoms with van der Waals surface area (Å²) in [7, 11) is 3.00. The summed E-state index contributed by atoms with van der Waals surface area (Å²) in [4.78, 5) is 55.5. The highest BCUT2D eigenvalue weighted by Crippen LogP contribution is 2.57. The Morgan fingerprint density at radius 2 is 1.83 bits per heavy atom. The van der Waals surface area contributed by atoms with E-state index in [1.165, 1.54) is 49.0 Å². The van der Waals surface area contributed by atoms with Gasteiger partial charge in [0.1, 0.15) is 28.9 Å². The molecule has 5 rings (SSSR count). The molecule has 1 amide bonds. The number of aliphatic carboxylic acids is 1. The lowest BCUT2D eigenvalue weighted by molar-refractivity contribution is -0.159. The number of carbonyl (C=O) groups excluding carboxylic acids is 3. The number of phenols is 1. The zero-order valence-corrected chi connectivity index (χ0v) is 22.8. The predicted molar refractivity (Wildman–Crippen MR) is 141 cm³/mol. The largest absolute Gasteiger partial charge is 0.508 e. The number of benzene rings is 1. The maximum atomic E-state index is 14.1. The Kier molecular flexibility index (Phi) is 6.77. The molecular formula is C28H33N3O10. The first kappa shape index (κ1) is 28.7. The van der Waals surface area contributed by atoms with Crippen LogP contribution in [0, 0.1) is 11.8 Å². The lowest BCUT2D eigenvalue weighted by Crippen LogP contribution is -2.67. The highest BCUT2D eigenvalue weighted by Gasteiger charge is 2.66. The van der Waals surface area contributed by atoms with E-state index in [0.717, 1.165) is 0 Å². The van der Waals surface area contributed by atoms with Crippen LogP contribution in [0.3, 0.4) is 0 Å². The Hall–Kier alpha value is -3.78. The van der Waals surface area contributed by atoms with Crippen molar-refractivity contribution in [1.29, 1.82) is 0 Å². The summed E-state index contributed by atoms with van der Waals surface area (Å²) in [5.41, 5.74) is -6.00. The lowest BCUT2D eigenvalue weighted by Gasteiger charge is -2.53. The van der Waals surface area contributed by atoms with Crippen molar-refractivity contribution in [2.24, 2.45) is 11.8 Å². The first-order chi connectivity index (χ1) is 19.1. The van der Waals surface area contributed by atoms with E-state index < -0.39 is 87.0 Å². The highest BCUT2D eigenvalue weighted by atomic mass is 16.4. The second-order valence-corrected chi connectivity index (χ2v) is 11.6. The fourth-order valence-corrected chi connectivity index (χ4v) is 7.04. The van der Waals surface area contributed by atoms with E-state index in [9.17, 15) is 49.8 Å². The summed E-state index contributed by atoms with van der Waals surface area (Å²) in [6.45, 7) is 1.52. The minimum atomic E-state index is -2.83. The number of hydrogen-bond acceptors (Lipinski definition) is 11. The number of carbonyl (C=O) groups is 4. The Bertz CT molecular complexity index is 1430. The molecule has 0 unspecified atom stereocenters. The molecule has 13 heteroatoms. The third-order valence-electron chi connectivity index (χ3n) is 9.09. The average Bonchev–Trinajstić information content (AvgIpc) is 3.37. The van der Waals surface area contributed by atoms with Gasteiger partial charge in [-0.2, -0.15) is 0 Å². The summed E-state index contributed by atoms with van der Waals surface area (Å²) < 4.78 is 0. The molecule has 1 aromatic rings. The van der Waals surface area contributed by atoms with Gasteiger partial charge in [-0.15, -0.1) is 0 Å². The van der Waals surface area contributed by atoms with Crippen molar-refractivity contribution in [1.82, 2.24) is 15.1 Å². The van der Waals surface area contributed by atoms with E-state index in [2.05, 4.69) is 5.32 Å². The maximum absolute atomic E-state index is 14.1. The fraction of sp³-hybridized carbons (Fsp3) is 0.500. The van der Waals surface area contributed by atoms with E-state index in [1.807, 2.05) is 0 Å². The first-order valence-electron chi connectivity index (χ1n) is 13.3. The number of carboxylic acids is 1. The average molecular weight is 572 g/mol. The molecule has 41 heavy (non-hydrogen) atoms. The Morgan fingerprint density at radius 1 is 1.15 bits per heavy atom. The second kappa shape index (κ2) is 9.65. The maximum Gasteiger partial charge on any atom is 0.320 e. The van der Waals surface area contributed by atoms with Crippen LogP contribution in [0.15, 0.2) is 35.1 Å². The minimum absolute atomic E-state index is 0.145. The number of likely N-dealkylation sites (tertiary alicyclic amines) is 1. The van der Waals surface area contributed by atoms with E-state index in [-0.39, 0.29) is 24.2 Å². The van der Waals surface area contributed by atoms with E-state index >= 15 is 0 Å². The number of rotatable bonds is 5. The number of nitrogens with zero attached hydrogens (tertiary/aromatic N) is 2. The summed E-state index contributed by atoms with van der Waals surface area (Å²) in [6.07, 6.45) is 0.713. The van der Waals surface area contributed by atoms with Crippen LogP contribution in [0.4, 0.5) is 0 Å². The van der Waals surface area contributed by atoms with Gasteiger partial charge in [0.25, 0.3) is 5.91 Å². The van der Waals surface area contributed by atoms with Gasteiger partial charge in [-0.25, -0.2) is 0 Å². The van der Waals surface area contributed by atoms with Crippen LogP contribution in [0.5, 0.6) is 5.75 Å². The molecule has 4 aliphatic rings. The van der Waals surface area contributed by atoms with Crippen molar-refractivity contribution in [3.05, 3.63) is 46.2 Å². The standard InChI is InChI=1S/C28H33N3O10/c1-27(40)12-6-4-8-16(32)17(12)21(33)18-13(27)10-14-20(30(2)3)22(34)19(24(36)28(14,41)23(18)35)25(37)29-11-31-9-5-7-15(31)26(38)39/h4,6,8,13-15,20,32-33,36,40-41H,5,7,9-11H2,1-3H3,(H,29,37)(H,38,39)/t13-,14-,15+,20-,27-,28-/m1/s1. The van der Waals surface area contributed by atoms with Gasteiger partial charge < -0.3 is 36.0 Å². The Labute approximate surface area is 235 Å². The van der Waals surface area contributed by atoms with Gasteiger partial charge in [0, 0.05) is 24.0 Å². The molecule has 7 N–H and O–H groups in total. The van der Waals surface area contributed by atoms with Crippen LogP contribution in [-0.4, -0.2) is 109 Å². The number of ketones is 2. The molecule has 1 aromatic carbocycles. The molecule has 3 aliphatic carbocycles. The van der Waals surface area contributed by atoms with Crippen LogP contribution in [0.2, 0.25) is 0 Å². The summed E-state index contributed by atoms with van der Waals surface area (Å²) in [5.74, 6) is -8.99. The SMILES string of the molecule is CN(C)[C@H]1C(=O)C(C(=O)NCN2CCC[C@H]2C(=O)O)=C(O)[C@]2(O)C(=O)C3=C(O)c4c(O)cccc4[C@@](C)(O)[C@@H]3C[C@H]12. The number of hydrogen-bond donors (Lipinski definition) is 7. The smallest absolute Gasteiger partial charge is 0.320 e. The number of fused-ring (bicyclic) bond motifs is 3. The molecule has 1 heterocycles. The van der Waals surface area contributed by atoms with Crippen molar-refractivity contribution >= 4 is 29.2 Å². The zero-order valence-electron chi connectivity index (χ0n) is 22.8. The quantitative estimate of drug-likeness (QED) is 0.229. The van der Waals surface area contributed by atoms with Gasteiger partial charge in [-0.1, -0.05) is 12.1 Å². The molecule has 13 nitrogen and oxygen atoms in total. The predicted octanol–water partition coefficient (Wildman–Crippen LogP) is -0.234.